The maximum absolute atomic E-state index is 12.0. The minimum absolute atomic E-state index is 0.122. The number of amides is 1. The molecule has 0 saturated heterocycles. The first-order chi connectivity index (χ1) is 8.56. The smallest absolute Gasteiger partial charge is 0.258 e. The average Bonchev–Trinajstić information content (AvgIpc) is 2.32. The number of carbonyl (C=O) groups excluding carboxylic acids is 1. The van der Waals surface area contributed by atoms with Gasteiger partial charge in [0.1, 0.15) is 5.15 Å². The number of nitrogens with zero attached hydrogens (tertiary/aromatic N) is 1. The van der Waals surface area contributed by atoms with E-state index in [1.54, 1.807) is 12.1 Å². The molecule has 1 aromatic carbocycles. The summed E-state index contributed by atoms with van der Waals surface area (Å²) in [6, 6.07) is 8.73. The number of hydrogen-bond donors (Lipinski definition) is 2. The summed E-state index contributed by atoms with van der Waals surface area (Å²) in [5.41, 5.74) is 6.87. The minimum atomic E-state index is -0.349. The van der Waals surface area contributed by atoms with E-state index in [0.29, 0.717) is 11.4 Å². The van der Waals surface area contributed by atoms with Gasteiger partial charge >= 0.3 is 0 Å². The highest BCUT2D eigenvalue weighted by Gasteiger charge is 2.12. The first-order valence-electron chi connectivity index (χ1n) is 5.04. The fourth-order valence-corrected chi connectivity index (χ4v) is 1.98. The molecule has 0 bridgehead atoms. The van der Waals surface area contributed by atoms with Crippen molar-refractivity contribution in [2.75, 3.05) is 11.1 Å². The molecule has 6 heteroatoms. The molecule has 0 aliphatic rings. The van der Waals surface area contributed by atoms with E-state index in [2.05, 4.69) is 26.2 Å². The molecule has 3 N–H and O–H groups in total. The summed E-state index contributed by atoms with van der Waals surface area (Å²) >= 11 is 9.18. The first kappa shape index (κ1) is 12.9. The number of carbonyl (C=O) groups is 1. The fraction of sp³-hybridized carbons (Fsp3) is 0. The van der Waals surface area contributed by atoms with E-state index in [9.17, 15) is 4.79 Å². The van der Waals surface area contributed by atoms with Gasteiger partial charge in [0.25, 0.3) is 5.91 Å². The van der Waals surface area contributed by atoms with Crippen LogP contribution in [-0.2, 0) is 0 Å². The van der Waals surface area contributed by atoms with E-state index in [1.165, 1.54) is 12.3 Å². The lowest BCUT2D eigenvalue weighted by molar-refractivity contribution is 0.102. The highest BCUT2D eigenvalue weighted by atomic mass is 79.9. The van der Waals surface area contributed by atoms with E-state index >= 15 is 0 Å². The molecule has 2 aromatic rings. The summed E-state index contributed by atoms with van der Waals surface area (Å²) in [5, 5.41) is 2.84. The van der Waals surface area contributed by atoms with Crippen molar-refractivity contribution in [3.63, 3.8) is 0 Å². The molecule has 0 radical (unpaired) electrons. The van der Waals surface area contributed by atoms with Gasteiger partial charge < -0.3 is 11.1 Å². The second-order valence-electron chi connectivity index (χ2n) is 3.57. The van der Waals surface area contributed by atoms with Gasteiger partial charge in [-0.25, -0.2) is 4.98 Å². The second-order valence-corrected chi connectivity index (χ2v) is 4.85. The van der Waals surface area contributed by atoms with Crippen LogP contribution in [-0.4, -0.2) is 10.9 Å². The summed E-state index contributed by atoms with van der Waals surface area (Å²) in [7, 11) is 0. The summed E-state index contributed by atoms with van der Waals surface area (Å²) in [6.45, 7) is 0. The topological polar surface area (TPSA) is 68.0 Å². The van der Waals surface area contributed by atoms with Gasteiger partial charge in [-0.2, -0.15) is 0 Å². The van der Waals surface area contributed by atoms with Crippen LogP contribution in [0, 0.1) is 0 Å². The zero-order chi connectivity index (χ0) is 13.1. The molecule has 0 spiro atoms. The SMILES string of the molecule is Nc1cnc(Cl)c(C(=O)Nc2cccc(Br)c2)c1. The molecule has 0 saturated carbocycles. The average molecular weight is 327 g/mol. The third-order valence-electron chi connectivity index (χ3n) is 2.19. The Balaban J connectivity index is 2.24. The van der Waals surface area contributed by atoms with Gasteiger partial charge in [-0.15, -0.1) is 0 Å². The number of halogens is 2. The van der Waals surface area contributed by atoms with Crippen LogP contribution in [0.4, 0.5) is 11.4 Å². The molecular weight excluding hydrogens is 318 g/mol. The lowest BCUT2D eigenvalue weighted by Crippen LogP contribution is -2.13. The lowest BCUT2D eigenvalue weighted by atomic mass is 10.2. The molecule has 1 aromatic heterocycles. The molecule has 1 amide bonds. The standard InChI is InChI=1S/C12H9BrClN3O/c13-7-2-1-3-9(4-7)17-12(18)10-5-8(15)6-16-11(10)14/h1-6H,15H2,(H,17,18). The van der Waals surface area contributed by atoms with Crippen molar-refractivity contribution in [2.24, 2.45) is 0 Å². The van der Waals surface area contributed by atoms with Gasteiger partial charge in [0.2, 0.25) is 0 Å². The fourth-order valence-electron chi connectivity index (χ4n) is 1.39. The molecule has 0 atom stereocenters. The zero-order valence-electron chi connectivity index (χ0n) is 9.15. The van der Waals surface area contributed by atoms with Crippen molar-refractivity contribution < 1.29 is 4.79 Å². The summed E-state index contributed by atoms with van der Waals surface area (Å²) in [4.78, 5) is 15.8. The minimum Gasteiger partial charge on any atom is -0.397 e. The van der Waals surface area contributed by atoms with Crippen molar-refractivity contribution in [2.45, 2.75) is 0 Å². The van der Waals surface area contributed by atoms with Crippen LogP contribution in [0.5, 0.6) is 0 Å². The number of nitrogen functional groups attached to an aromatic ring is 1. The van der Waals surface area contributed by atoms with E-state index in [1.807, 2.05) is 12.1 Å². The number of benzene rings is 1. The second kappa shape index (κ2) is 5.37. The van der Waals surface area contributed by atoms with Crippen LogP contribution < -0.4 is 11.1 Å². The Morgan fingerprint density at radius 3 is 2.89 bits per heavy atom. The van der Waals surface area contributed by atoms with Crippen molar-refractivity contribution >= 4 is 44.8 Å². The van der Waals surface area contributed by atoms with Crippen molar-refractivity contribution in [1.82, 2.24) is 4.98 Å². The normalized spacial score (nSPS) is 10.1. The number of nitrogens with two attached hydrogens (primary N) is 1. The van der Waals surface area contributed by atoms with Crippen LogP contribution in [0.2, 0.25) is 5.15 Å². The predicted octanol–water partition coefficient (Wildman–Crippen LogP) is 3.33. The Hall–Kier alpha value is -1.59. The number of nitrogens with one attached hydrogen (secondary N) is 1. The maximum Gasteiger partial charge on any atom is 0.258 e. The largest absolute Gasteiger partial charge is 0.397 e. The molecule has 1 heterocycles. The van der Waals surface area contributed by atoms with E-state index in [4.69, 9.17) is 17.3 Å². The van der Waals surface area contributed by atoms with E-state index < -0.39 is 0 Å². The van der Waals surface area contributed by atoms with Crippen molar-refractivity contribution in [3.05, 3.63) is 51.7 Å². The molecule has 2 rings (SSSR count). The number of hydrogen-bond acceptors (Lipinski definition) is 3. The molecule has 0 aliphatic heterocycles. The van der Waals surface area contributed by atoms with Gasteiger partial charge in [0, 0.05) is 10.2 Å². The lowest BCUT2D eigenvalue weighted by Gasteiger charge is -2.07. The first-order valence-corrected chi connectivity index (χ1v) is 6.21. The van der Waals surface area contributed by atoms with Crippen molar-refractivity contribution in [3.8, 4) is 0 Å². The summed E-state index contributed by atoms with van der Waals surface area (Å²) in [6.07, 6.45) is 1.40. The molecular formula is C12H9BrClN3O. The predicted molar refractivity (Wildman–Crippen MR) is 75.8 cm³/mol. The van der Waals surface area contributed by atoms with Crippen LogP contribution in [0.25, 0.3) is 0 Å². The number of pyridine rings is 1. The summed E-state index contributed by atoms with van der Waals surface area (Å²) in [5.74, 6) is -0.349. The van der Waals surface area contributed by atoms with Crippen LogP contribution in [0.3, 0.4) is 0 Å². The molecule has 0 fully saturated rings. The summed E-state index contributed by atoms with van der Waals surface area (Å²) < 4.78 is 0.872. The third kappa shape index (κ3) is 3.00. The quantitative estimate of drug-likeness (QED) is 0.832. The maximum atomic E-state index is 12.0. The van der Waals surface area contributed by atoms with Gasteiger partial charge in [0.15, 0.2) is 0 Å². The number of aromatic nitrogens is 1. The van der Waals surface area contributed by atoms with Gasteiger partial charge in [0.05, 0.1) is 17.4 Å². The molecule has 18 heavy (non-hydrogen) atoms. The van der Waals surface area contributed by atoms with Gasteiger partial charge in [-0.3, -0.25) is 4.79 Å². The van der Waals surface area contributed by atoms with Gasteiger partial charge in [-0.1, -0.05) is 33.6 Å². The highest BCUT2D eigenvalue weighted by Crippen LogP contribution is 2.19. The number of rotatable bonds is 2. The van der Waals surface area contributed by atoms with Crippen molar-refractivity contribution in [1.29, 1.82) is 0 Å². The Bertz CT molecular complexity index is 604. The highest BCUT2D eigenvalue weighted by molar-refractivity contribution is 9.10. The van der Waals surface area contributed by atoms with E-state index in [-0.39, 0.29) is 16.6 Å². The molecule has 4 nitrogen and oxygen atoms in total. The molecule has 92 valence electrons. The van der Waals surface area contributed by atoms with Crippen LogP contribution in [0.1, 0.15) is 10.4 Å². The number of anilines is 2. The van der Waals surface area contributed by atoms with Gasteiger partial charge in [-0.05, 0) is 24.3 Å². The Morgan fingerprint density at radius 2 is 2.17 bits per heavy atom. The Kier molecular flexibility index (Phi) is 3.84. The molecule has 0 unspecified atom stereocenters. The zero-order valence-corrected chi connectivity index (χ0v) is 11.5. The Labute approximate surface area is 117 Å². The monoisotopic (exact) mass is 325 g/mol. The van der Waals surface area contributed by atoms with Crippen LogP contribution in [0.15, 0.2) is 41.0 Å². The molecule has 0 aliphatic carbocycles. The Morgan fingerprint density at radius 1 is 1.39 bits per heavy atom. The van der Waals surface area contributed by atoms with E-state index in [0.717, 1.165) is 4.47 Å². The third-order valence-corrected chi connectivity index (χ3v) is 2.98. The van der Waals surface area contributed by atoms with Crippen LogP contribution >= 0.6 is 27.5 Å².